The lowest BCUT2D eigenvalue weighted by atomic mass is 9.98. The highest BCUT2D eigenvalue weighted by Gasteiger charge is 2.40. The molecule has 1 heterocycles. The van der Waals surface area contributed by atoms with Crippen LogP contribution in [-0.2, 0) is 6.18 Å². The summed E-state index contributed by atoms with van der Waals surface area (Å²) in [5.41, 5.74) is -0.665. The van der Waals surface area contributed by atoms with Gasteiger partial charge in [0.15, 0.2) is 0 Å². The van der Waals surface area contributed by atoms with Crippen LogP contribution in [0.25, 0.3) is 0 Å². The first-order valence-corrected chi connectivity index (χ1v) is 12.3. The van der Waals surface area contributed by atoms with E-state index in [0.29, 0.717) is 31.4 Å². The van der Waals surface area contributed by atoms with E-state index in [2.05, 4.69) is 16.0 Å². The van der Waals surface area contributed by atoms with E-state index in [1.54, 1.807) is 6.92 Å². The molecular weight excluding hydrogens is 521 g/mol. The van der Waals surface area contributed by atoms with E-state index in [4.69, 9.17) is 4.74 Å². The molecule has 3 aromatic carbocycles. The molecule has 0 radical (unpaired) electrons. The number of urea groups is 1. The van der Waals surface area contributed by atoms with Crippen LogP contribution < -0.4 is 20.7 Å². The zero-order chi connectivity index (χ0) is 27.9. The SMILES string of the molecule is Cc1cc(F)ccc1Oc1cc(C2CC2)c(C(F)(F)F)cc1C(=O)Nc1ccc(F)c(C2CCNC(=O)N2)c1. The Labute approximate surface area is 220 Å². The first-order valence-electron chi connectivity index (χ1n) is 12.3. The third kappa shape index (κ3) is 5.81. The van der Waals surface area contributed by atoms with Crippen molar-refractivity contribution in [3.8, 4) is 11.5 Å². The normalized spacial score (nSPS) is 17.3. The molecule has 0 spiro atoms. The molecule has 5 rings (SSSR count). The number of anilines is 1. The molecule has 3 N–H and O–H groups in total. The molecule has 1 saturated heterocycles. The molecule has 1 saturated carbocycles. The van der Waals surface area contributed by atoms with Crippen molar-refractivity contribution in [2.75, 3.05) is 11.9 Å². The minimum atomic E-state index is -4.71. The van der Waals surface area contributed by atoms with Crippen LogP contribution in [0.2, 0.25) is 0 Å². The first-order chi connectivity index (χ1) is 18.5. The molecule has 11 heteroatoms. The fourth-order valence-corrected chi connectivity index (χ4v) is 4.61. The van der Waals surface area contributed by atoms with Gasteiger partial charge in [0.25, 0.3) is 5.91 Å². The first kappa shape index (κ1) is 26.5. The highest BCUT2D eigenvalue weighted by atomic mass is 19.4. The van der Waals surface area contributed by atoms with Crippen molar-refractivity contribution in [3.05, 3.63) is 88.0 Å². The number of hydrogen-bond donors (Lipinski definition) is 3. The number of carbonyl (C=O) groups is 2. The summed E-state index contributed by atoms with van der Waals surface area (Å²) in [6, 6.07) is 8.27. The fraction of sp³-hybridized carbons (Fsp3) is 0.286. The van der Waals surface area contributed by atoms with E-state index in [1.165, 1.54) is 30.3 Å². The molecule has 2 aliphatic rings. The average Bonchev–Trinajstić information content (AvgIpc) is 3.71. The second-order valence-electron chi connectivity index (χ2n) is 9.65. The van der Waals surface area contributed by atoms with Crippen LogP contribution in [0.4, 0.5) is 32.4 Å². The Morgan fingerprint density at radius 1 is 0.974 bits per heavy atom. The largest absolute Gasteiger partial charge is 0.456 e. The standard InChI is InChI=1S/C28H24F5N3O3/c1-14-10-16(29)4-7-24(14)39-25-13-18(15-2-3-15)21(28(31,32)33)12-20(25)26(37)35-17-5-6-22(30)19(11-17)23-8-9-34-27(38)36-23/h4-7,10-13,15,23H,2-3,8-9H2,1H3,(H,35,37)(H2,34,36,38). The zero-order valence-electron chi connectivity index (χ0n) is 20.7. The quantitative estimate of drug-likeness (QED) is 0.293. The Kier molecular flexibility index (Phi) is 6.92. The van der Waals surface area contributed by atoms with Crippen LogP contribution in [-0.4, -0.2) is 18.5 Å². The van der Waals surface area contributed by atoms with Crippen molar-refractivity contribution in [3.63, 3.8) is 0 Å². The Morgan fingerprint density at radius 2 is 1.74 bits per heavy atom. The third-order valence-electron chi connectivity index (χ3n) is 6.73. The molecule has 3 aromatic rings. The molecule has 6 nitrogen and oxygen atoms in total. The number of amides is 3. The second kappa shape index (κ2) is 10.2. The van der Waals surface area contributed by atoms with Crippen molar-refractivity contribution in [2.45, 2.75) is 44.3 Å². The van der Waals surface area contributed by atoms with Gasteiger partial charge >= 0.3 is 12.2 Å². The summed E-state index contributed by atoms with van der Waals surface area (Å²) in [6.07, 6.45) is -3.16. The Hall–Kier alpha value is -4.15. The molecule has 1 aliphatic carbocycles. The third-order valence-corrected chi connectivity index (χ3v) is 6.73. The number of alkyl halides is 3. The number of nitrogens with one attached hydrogen (secondary N) is 3. The van der Waals surface area contributed by atoms with Gasteiger partial charge in [-0.25, -0.2) is 13.6 Å². The van der Waals surface area contributed by atoms with Crippen LogP contribution in [0.15, 0.2) is 48.5 Å². The van der Waals surface area contributed by atoms with E-state index in [-0.39, 0.29) is 34.2 Å². The lowest BCUT2D eigenvalue weighted by Crippen LogP contribution is -2.44. The number of rotatable bonds is 6. The zero-order valence-corrected chi connectivity index (χ0v) is 20.7. The van der Waals surface area contributed by atoms with Crippen LogP contribution in [0, 0.1) is 18.6 Å². The fourth-order valence-electron chi connectivity index (χ4n) is 4.61. The maximum atomic E-state index is 14.6. The van der Waals surface area contributed by atoms with Crippen LogP contribution >= 0.6 is 0 Å². The predicted octanol–water partition coefficient (Wildman–Crippen LogP) is 6.96. The summed E-state index contributed by atoms with van der Waals surface area (Å²) in [7, 11) is 0. The van der Waals surface area contributed by atoms with Gasteiger partial charge in [-0.15, -0.1) is 0 Å². The van der Waals surface area contributed by atoms with Crippen molar-refractivity contribution >= 4 is 17.6 Å². The predicted molar refractivity (Wildman–Crippen MR) is 133 cm³/mol. The van der Waals surface area contributed by atoms with Gasteiger partial charge in [0, 0.05) is 17.8 Å². The molecule has 1 aliphatic heterocycles. The molecule has 1 atom stereocenters. The molecule has 1 unspecified atom stereocenters. The molecule has 0 aromatic heterocycles. The topological polar surface area (TPSA) is 79.5 Å². The monoisotopic (exact) mass is 545 g/mol. The maximum Gasteiger partial charge on any atom is 0.416 e. The number of ether oxygens (including phenoxy) is 1. The number of carbonyl (C=O) groups excluding carboxylic acids is 2. The molecule has 0 bridgehead atoms. The van der Waals surface area contributed by atoms with Gasteiger partial charge in [-0.1, -0.05) is 0 Å². The molecule has 39 heavy (non-hydrogen) atoms. The summed E-state index contributed by atoms with van der Waals surface area (Å²) in [4.78, 5) is 25.1. The van der Waals surface area contributed by atoms with Crippen LogP contribution in [0.1, 0.15) is 63.8 Å². The number of aryl methyl sites for hydroxylation is 1. The number of halogens is 5. The van der Waals surface area contributed by atoms with E-state index in [1.807, 2.05) is 0 Å². The Bertz CT molecular complexity index is 1450. The van der Waals surface area contributed by atoms with Gasteiger partial charge < -0.3 is 20.7 Å². The van der Waals surface area contributed by atoms with Crippen molar-refractivity contribution in [1.29, 1.82) is 0 Å². The van der Waals surface area contributed by atoms with Gasteiger partial charge in [0.05, 0.1) is 17.2 Å². The summed E-state index contributed by atoms with van der Waals surface area (Å²) >= 11 is 0. The summed E-state index contributed by atoms with van der Waals surface area (Å²) in [5.74, 6) is -2.28. The Balaban J connectivity index is 1.52. The highest BCUT2D eigenvalue weighted by molar-refractivity contribution is 6.06. The molecule has 204 valence electrons. The average molecular weight is 546 g/mol. The van der Waals surface area contributed by atoms with Gasteiger partial charge in [0.1, 0.15) is 23.1 Å². The van der Waals surface area contributed by atoms with E-state index in [0.717, 1.165) is 18.2 Å². The van der Waals surface area contributed by atoms with E-state index >= 15 is 0 Å². The van der Waals surface area contributed by atoms with Crippen molar-refractivity contribution < 1.29 is 36.3 Å². The minimum Gasteiger partial charge on any atom is -0.456 e. The molecule has 3 amide bonds. The second-order valence-corrected chi connectivity index (χ2v) is 9.65. The molecule has 2 fully saturated rings. The lowest BCUT2D eigenvalue weighted by Gasteiger charge is -2.25. The van der Waals surface area contributed by atoms with E-state index < -0.39 is 46.9 Å². The highest BCUT2D eigenvalue weighted by Crippen LogP contribution is 2.48. The number of hydrogen-bond acceptors (Lipinski definition) is 3. The molecular formula is C28H24F5N3O3. The van der Waals surface area contributed by atoms with Crippen molar-refractivity contribution in [2.24, 2.45) is 0 Å². The smallest absolute Gasteiger partial charge is 0.416 e. The van der Waals surface area contributed by atoms with Crippen molar-refractivity contribution in [1.82, 2.24) is 10.6 Å². The van der Waals surface area contributed by atoms with Crippen LogP contribution in [0.5, 0.6) is 11.5 Å². The summed E-state index contributed by atoms with van der Waals surface area (Å²) in [6.45, 7) is 1.90. The van der Waals surface area contributed by atoms with Gasteiger partial charge in [-0.2, -0.15) is 13.2 Å². The summed E-state index contributed by atoms with van der Waals surface area (Å²) in [5, 5.41) is 7.70. The lowest BCUT2D eigenvalue weighted by molar-refractivity contribution is -0.138. The number of benzene rings is 3. The summed E-state index contributed by atoms with van der Waals surface area (Å²) < 4.78 is 76.1. The van der Waals surface area contributed by atoms with Crippen LogP contribution in [0.3, 0.4) is 0 Å². The van der Waals surface area contributed by atoms with Gasteiger partial charge in [-0.05, 0) is 91.8 Å². The minimum absolute atomic E-state index is 0.0273. The van der Waals surface area contributed by atoms with Gasteiger partial charge in [0.2, 0.25) is 0 Å². The van der Waals surface area contributed by atoms with Gasteiger partial charge in [-0.3, -0.25) is 4.79 Å². The van der Waals surface area contributed by atoms with E-state index in [9.17, 15) is 31.5 Å². The maximum absolute atomic E-state index is 14.6. The Morgan fingerprint density at radius 3 is 2.41 bits per heavy atom.